The molecule has 0 spiro atoms. The maximum Gasteiger partial charge on any atom is 0.257 e. The molecule has 7 nitrogen and oxygen atoms in total. The quantitative estimate of drug-likeness (QED) is 0.437. The topological polar surface area (TPSA) is 81.8 Å². The Balaban J connectivity index is 0.00000361. The molecule has 0 aliphatic carbocycles. The molecule has 2 N–H and O–H groups in total. The van der Waals surface area contributed by atoms with E-state index >= 15 is 0 Å². The molecule has 0 aromatic heterocycles. The number of halogens is 1. The summed E-state index contributed by atoms with van der Waals surface area (Å²) in [6, 6.07) is 21.7. The fourth-order valence-corrected chi connectivity index (χ4v) is 4.21. The zero-order valence-electron chi connectivity index (χ0n) is 20.5. The van der Waals surface area contributed by atoms with E-state index in [1.54, 1.807) is 29.2 Å². The molecule has 0 saturated heterocycles. The van der Waals surface area contributed by atoms with Crippen molar-refractivity contribution in [2.24, 2.45) is 0 Å². The van der Waals surface area contributed by atoms with E-state index in [-0.39, 0.29) is 36.5 Å². The van der Waals surface area contributed by atoms with E-state index < -0.39 is 0 Å². The number of fused-ring (bicyclic) bond motifs is 2. The minimum absolute atomic E-state index is 0. The van der Waals surface area contributed by atoms with Gasteiger partial charge < -0.3 is 15.5 Å². The van der Waals surface area contributed by atoms with E-state index in [9.17, 15) is 14.4 Å². The molecule has 0 saturated carbocycles. The largest absolute Gasteiger partial charge is 0.326 e. The van der Waals surface area contributed by atoms with Gasteiger partial charge in [0, 0.05) is 18.7 Å². The molecule has 3 aromatic carbocycles. The normalized spacial score (nSPS) is 12.1. The molecule has 1 aliphatic heterocycles. The zero-order chi connectivity index (χ0) is 24.8. The second-order valence-corrected chi connectivity index (χ2v) is 8.42. The van der Waals surface area contributed by atoms with Crippen LogP contribution in [0.15, 0.2) is 72.8 Å². The number of rotatable bonds is 8. The van der Waals surface area contributed by atoms with Crippen LogP contribution in [-0.2, 0) is 16.0 Å². The van der Waals surface area contributed by atoms with Crippen molar-refractivity contribution in [1.29, 1.82) is 0 Å². The molecular formula is C28H31ClN4O3. The van der Waals surface area contributed by atoms with Crippen LogP contribution in [-0.4, -0.2) is 42.3 Å². The fraction of sp³-hybridized carbons (Fsp3) is 0.250. The standard InChI is InChI=1S/C28H30N4O3.ClH/c1-3-31(4-2)18-17-26(33)29-21-15-13-20(14-16-21)19-27(34)32-24-11-7-5-9-22(24)28(35)30-23-10-6-8-12-25(23)32;/h5-16H,3-4,17-19H2,1-2H3,(H,29,33)(H,30,35);1H. The molecule has 3 aromatic rings. The molecule has 0 unspecified atom stereocenters. The van der Waals surface area contributed by atoms with E-state index in [2.05, 4.69) is 29.4 Å². The van der Waals surface area contributed by atoms with Gasteiger partial charge in [-0.25, -0.2) is 0 Å². The average Bonchev–Trinajstić information content (AvgIpc) is 2.99. The van der Waals surface area contributed by atoms with Crippen LogP contribution in [0.2, 0.25) is 0 Å². The molecule has 188 valence electrons. The first-order valence-corrected chi connectivity index (χ1v) is 11.9. The Morgan fingerprint density at radius 2 is 1.53 bits per heavy atom. The summed E-state index contributed by atoms with van der Waals surface area (Å²) in [4.78, 5) is 42.4. The van der Waals surface area contributed by atoms with Crippen LogP contribution in [0.25, 0.3) is 0 Å². The summed E-state index contributed by atoms with van der Waals surface area (Å²) in [5.41, 5.74) is 3.73. The lowest BCUT2D eigenvalue weighted by Crippen LogP contribution is -2.28. The van der Waals surface area contributed by atoms with Gasteiger partial charge in [-0.3, -0.25) is 19.3 Å². The Kier molecular flexibility index (Phi) is 9.22. The molecular weight excluding hydrogens is 476 g/mol. The summed E-state index contributed by atoms with van der Waals surface area (Å²) in [6.07, 6.45) is 0.579. The lowest BCUT2D eigenvalue weighted by Gasteiger charge is -2.24. The fourth-order valence-electron chi connectivity index (χ4n) is 4.21. The van der Waals surface area contributed by atoms with Crippen LogP contribution >= 0.6 is 12.4 Å². The van der Waals surface area contributed by atoms with Gasteiger partial charge in [0.2, 0.25) is 11.8 Å². The first kappa shape index (κ1) is 26.9. The lowest BCUT2D eigenvalue weighted by atomic mass is 10.1. The number of benzene rings is 3. The van der Waals surface area contributed by atoms with Crippen molar-refractivity contribution in [2.75, 3.05) is 35.2 Å². The Hall–Kier alpha value is -3.68. The number of nitrogens with zero attached hydrogens (tertiary/aromatic N) is 2. The third-order valence-corrected chi connectivity index (χ3v) is 6.17. The van der Waals surface area contributed by atoms with Crippen molar-refractivity contribution in [2.45, 2.75) is 26.7 Å². The van der Waals surface area contributed by atoms with Crippen LogP contribution in [0.4, 0.5) is 22.7 Å². The molecule has 1 heterocycles. The summed E-state index contributed by atoms with van der Waals surface area (Å²) in [5.74, 6) is -0.433. The van der Waals surface area contributed by atoms with Gasteiger partial charge in [0.25, 0.3) is 5.91 Å². The second-order valence-electron chi connectivity index (χ2n) is 8.42. The minimum atomic E-state index is -0.246. The van der Waals surface area contributed by atoms with Gasteiger partial charge in [-0.1, -0.05) is 50.2 Å². The number of hydrogen-bond donors (Lipinski definition) is 2. The number of hydrogen-bond acceptors (Lipinski definition) is 4. The van der Waals surface area contributed by atoms with Crippen LogP contribution in [0.3, 0.4) is 0 Å². The highest BCUT2D eigenvalue weighted by atomic mass is 35.5. The van der Waals surface area contributed by atoms with E-state index in [1.165, 1.54) is 0 Å². The third kappa shape index (κ3) is 6.11. The minimum Gasteiger partial charge on any atom is -0.326 e. The maximum absolute atomic E-state index is 13.5. The molecule has 3 amide bonds. The van der Waals surface area contributed by atoms with Crippen molar-refractivity contribution in [3.63, 3.8) is 0 Å². The van der Waals surface area contributed by atoms with Crippen molar-refractivity contribution < 1.29 is 14.4 Å². The van der Waals surface area contributed by atoms with E-state index in [1.807, 2.05) is 48.5 Å². The Morgan fingerprint density at radius 3 is 2.22 bits per heavy atom. The number of para-hydroxylation sites is 3. The van der Waals surface area contributed by atoms with Gasteiger partial charge >= 0.3 is 0 Å². The summed E-state index contributed by atoms with van der Waals surface area (Å²) >= 11 is 0. The Labute approximate surface area is 217 Å². The zero-order valence-corrected chi connectivity index (χ0v) is 21.3. The molecule has 0 fully saturated rings. The predicted molar refractivity (Wildman–Crippen MR) is 146 cm³/mol. The van der Waals surface area contributed by atoms with Crippen LogP contribution in [0.5, 0.6) is 0 Å². The number of anilines is 4. The van der Waals surface area contributed by atoms with Gasteiger partial charge in [0.05, 0.1) is 29.0 Å². The summed E-state index contributed by atoms with van der Waals surface area (Å²) < 4.78 is 0. The second kappa shape index (κ2) is 12.3. The Morgan fingerprint density at radius 1 is 0.889 bits per heavy atom. The SMILES string of the molecule is CCN(CC)CCC(=O)Nc1ccc(CC(=O)N2c3ccccc3NC(=O)c3ccccc32)cc1.Cl. The molecule has 8 heteroatoms. The van der Waals surface area contributed by atoms with Gasteiger partial charge in [-0.05, 0) is 55.1 Å². The number of nitrogens with one attached hydrogen (secondary N) is 2. The summed E-state index contributed by atoms with van der Waals surface area (Å²) in [7, 11) is 0. The monoisotopic (exact) mass is 506 g/mol. The molecule has 1 aliphatic rings. The van der Waals surface area contributed by atoms with E-state index in [4.69, 9.17) is 0 Å². The average molecular weight is 507 g/mol. The third-order valence-electron chi connectivity index (χ3n) is 6.17. The van der Waals surface area contributed by atoms with Gasteiger partial charge in [-0.15, -0.1) is 12.4 Å². The molecule has 4 rings (SSSR count). The van der Waals surface area contributed by atoms with Gasteiger partial charge in [0.1, 0.15) is 0 Å². The number of amides is 3. The molecule has 0 atom stereocenters. The van der Waals surface area contributed by atoms with Crippen molar-refractivity contribution >= 4 is 52.9 Å². The van der Waals surface area contributed by atoms with Gasteiger partial charge in [0.15, 0.2) is 0 Å². The first-order valence-electron chi connectivity index (χ1n) is 11.9. The summed E-state index contributed by atoms with van der Waals surface area (Å²) in [5, 5.41) is 5.82. The first-order chi connectivity index (χ1) is 17.0. The number of carbonyl (C=O) groups excluding carboxylic acids is 3. The van der Waals surface area contributed by atoms with Crippen molar-refractivity contribution in [3.05, 3.63) is 83.9 Å². The van der Waals surface area contributed by atoms with Crippen molar-refractivity contribution in [3.8, 4) is 0 Å². The summed E-state index contributed by atoms with van der Waals surface area (Å²) in [6.45, 7) is 6.73. The van der Waals surface area contributed by atoms with Gasteiger partial charge in [-0.2, -0.15) is 0 Å². The Bertz CT molecular complexity index is 1230. The highest BCUT2D eigenvalue weighted by Crippen LogP contribution is 2.38. The smallest absolute Gasteiger partial charge is 0.257 e. The van der Waals surface area contributed by atoms with Crippen LogP contribution in [0.1, 0.15) is 36.2 Å². The predicted octanol–water partition coefficient (Wildman–Crippen LogP) is 5.25. The van der Waals surface area contributed by atoms with E-state index in [0.717, 1.165) is 25.2 Å². The lowest BCUT2D eigenvalue weighted by molar-refractivity contribution is -0.117. The molecule has 0 radical (unpaired) electrons. The molecule has 0 bridgehead atoms. The maximum atomic E-state index is 13.5. The van der Waals surface area contributed by atoms with E-state index in [0.29, 0.717) is 34.7 Å². The van der Waals surface area contributed by atoms with Crippen molar-refractivity contribution in [1.82, 2.24) is 4.90 Å². The number of carbonyl (C=O) groups is 3. The van der Waals surface area contributed by atoms with Crippen LogP contribution < -0.4 is 15.5 Å². The van der Waals surface area contributed by atoms with Crippen LogP contribution in [0, 0.1) is 0 Å². The molecule has 36 heavy (non-hydrogen) atoms. The highest BCUT2D eigenvalue weighted by Gasteiger charge is 2.28. The highest BCUT2D eigenvalue weighted by molar-refractivity contribution is 6.17.